The molecule has 0 radical (unpaired) electrons. The molecule has 2 aromatic rings. The fourth-order valence-corrected chi connectivity index (χ4v) is 3.65. The fraction of sp³-hybridized carbons (Fsp3) is 0.391. The number of benzene rings is 2. The molecule has 4 rings (SSSR count). The minimum absolute atomic E-state index is 0.0528. The van der Waals surface area contributed by atoms with Gasteiger partial charge in [0.2, 0.25) is 5.91 Å². The van der Waals surface area contributed by atoms with Gasteiger partial charge in [-0.2, -0.15) is 0 Å². The van der Waals surface area contributed by atoms with Crippen LogP contribution in [0, 0.1) is 0 Å². The van der Waals surface area contributed by atoms with E-state index >= 15 is 0 Å². The van der Waals surface area contributed by atoms with Crippen LogP contribution in [0.4, 0.5) is 5.69 Å². The van der Waals surface area contributed by atoms with Crippen LogP contribution in [0.5, 0.6) is 11.5 Å². The first-order valence-corrected chi connectivity index (χ1v) is 10.1. The van der Waals surface area contributed by atoms with Gasteiger partial charge in [-0.05, 0) is 68.7 Å². The van der Waals surface area contributed by atoms with Crippen LogP contribution in [-0.4, -0.2) is 43.0 Å². The summed E-state index contributed by atoms with van der Waals surface area (Å²) in [6.45, 7) is 6.43. The highest BCUT2D eigenvalue weighted by Gasteiger charge is 2.31. The number of hydrogen-bond donors (Lipinski definition) is 1. The molecule has 6 heteroatoms. The Labute approximate surface area is 170 Å². The minimum atomic E-state index is -0.764. The number of fused-ring (bicyclic) bond motifs is 1. The zero-order valence-corrected chi connectivity index (χ0v) is 16.9. The number of likely N-dealkylation sites (tertiary alicyclic amines) is 1. The summed E-state index contributed by atoms with van der Waals surface area (Å²) in [7, 11) is 0. The molecule has 29 heavy (non-hydrogen) atoms. The van der Waals surface area contributed by atoms with E-state index in [9.17, 15) is 9.59 Å². The maximum Gasteiger partial charge on any atom is 0.253 e. The molecule has 0 saturated carbocycles. The van der Waals surface area contributed by atoms with Gasteiger partial charge >= 0.3 is 0 Å². The van der Waals surface area contributed by atoms with Gasteiger partial charge in [-0.1, -0.05) is 6.07 Å². The molecule has 2 aliphatic heterocycles. The van der Waals surface area contributed by atoms with Crippen LogP contribution in [0.25, 0.3) is 0 Å². The van der Waals surface area contributed by atoms with Crippen LogP contribution in [0.2, 0.25) is 0 Å². The molecule has 2 amide bonds. The van der Waals surface area contributed by atoms with Gasteiger partial charge in [0.05, 0.1) is 5.41 Å². The van der Waals surface area contributed by atoms with Crippen LogP contribution < -0.4 is 14.8 Å². The van der Waals surface area contributed by atoms with E-state index in [1.807, 2.05) is 36.9 Å². The molecule has 152 valence electrons. The normalized spacial score (nSPS) is 15.9. The third-order valence-electron chi connectivity index (χ3n) is 5.61. The highest BCUT2D eigenvalue weighted by Crippen LogP contribution is 2.35. The predicted octanol–water partition coefficient (Wildman–Crippen LogP) is 3.61. The van der Waals surface area contributed by atoms with E-state index in [1.54, 1.807) is 24.3 Å². The third kappa shape index (κ3) is 3.92. The lowest BCUT2D eigenvalue weighted by Crippen LogP contribution is -2.35. The SMILES string of the molecule is CC(C)(C(=O)Nc1ccc(C(=O)N2CCCC2)cc1)c1ccc2c(c1)OCCO2. The van der Waals surface area contributed by atoms with Gasteiger partial charge in [-0.3, -0.25) is 9.59 Å². The predicted molar refractivity (Wildman–Crippen MR) is 111 cm³/mol. The molecule has 1 saturated heterocycles. The van der Waals surface area contributed by atoms with Gasteiger partial charge in [0, 0.05) is 24.3 Å². The van der Waals surface area contributed by atoms with E-state index in [2.05, 4.69) is 5.32 Å². The molecule has 1 N–H and O–H groups in total. The van der Waals surface area contributed by atoms with Gasteiger partial charge in [0.15, 0.2) is 11.5 Å². The molecule has 2 aromatic carbocycles. The topological polar surface area (TPSA) is 67.9 Å². The first-order valence-electron chi connectivity index (χ1n) is 10.1. The molecular formula is C23H26N2O4. The summed E-state index contributed by atoms with van der Waals surface area (Å²) in [5.41, 5.74) is 1.40. The smallest absolute Gasteiger partial charge is 0.253 e. The van der Waals surface area contributed by atoms with Gasteiger partial charge in [0.1, 0.15) is 13.2 Å². The van der Waals surface area contributed by atoms with Crippen molar-refractivity contribution < 1.29 is 19.1 Å². The molecule has 2 heterocycles. The standard InChI is InChI=1S/C23H26N2O4/c1-23(2,17-7-10-19-20(15-17)29-14-13-28-19)22(27)24-18-8-5-16(6-9-18)21(26)25-11-3-4-12-25/h5-10,15H,3-4,11-14H2,1-2H3,(H,24,27). The lowest BCUT2D eigenvalue weighted by molar-refractivity contribution is -0.120. The minimum Gasteiger partial charge on any atom is -0.486 e. The number of anilines is 1. The monoisotopic (exact) mass is 394 g/mol. The van der Waals surface area contributed by atoms with Crippen molar-refractivity contribution in [1.29, 1.82) is 0 Å². The van der Waals surface area contributed by atoms with E-state index in [-0.39, 0.29) is 11.8 Å². The summed E-state index contributed by atoms with van der Waals surface area (Å²) < 4.78 is 11.2. The van der Waals surface area contributed by atoms with E-state index in [0.29, 0.717) is 36.0 Å². The maximum absolute atomic E-state index is 13.0. The number of amides is 2. The van der Waals surface area contributed by atoms with Crippen molar-refractivity contribution in [1.82, 2.24) is 4.90 Å². The van der Waals surface area contributed by atoms with Gasteiger partial charge in [0.25, 0.3) is 5.91 Å². The lowest BCUT2D eigenvalue weighted by Gasteiger charge is -2.26. The van der Waals surface area contributed by atoms with Gasteiger partial charge in [-0.25, -0.2) is 0 Å². The van der Waals surface area contributed by atoms with Gasteiger partial charge in [-0.15, -0.1) is 0 Å². The number of rotatable bonds is 4. The lowest BCUT2D eigenvalue weighted by atomic mass is 9.83. The number of nitrogens with one attached hydrogen (secondary N) is 1. The molecule has 2 aliphatic rings. The van der Waals surface area contributed by atoms with Crippen LogP contribution in [-0.2, 0) is 10.2 Å². The van der Waals surface area contributed by atoms with E-state index in [0.717, 1.165) is 31.5 Å². The van der Waals surface area contributed by atoms with E-state index in [1.165, 1.54) is 0 Å². The Bertz CT molecular complexity index is 915. The summed E-state index contributed by atoms with van der Waals surface area (Å²) in [6, 6.07) is 12.7. The Kier molecular flexibility index (Phi) is 5.18. The highest BCUT2D eigenvalue weighted by molar-refractivity contribution is 5.99. The van der Waals surface area contributed by atoms with Crippen LogP contribution >= 0.6 is 0 Å². The van der Waals surface area contributed by atoms with Crippen LogP contribution in [0.3, 0.4) is 0 Å². The van der Waals surface area contributed by atoms with E-state index < -0.39 is 5.41 Å². The third-order valence-corrected chi connectivity index (χ3v) is 5.61. The molecule has 6 nitrogen and oxygen atoms in total. The van der Waals surface area contributed by atoms with Crippen LogP contribution in [0.1, 0.15) is 42.6 Å². The average Bonchev–Trinajstić information content (AvgIpc) is 3.28. The van der Waals surface area contributed by atoms with Crippen molar-refractivity contribution in [2.75, 3.05) is 31.6 Å². The molecule has 1 fully saturated rings. The summed E-state index contributed by atoms with van der Waals surface area (Å²) in [6.07, 6.45) is 2.13. The van der Waals surface area contributed by atoms with Crippen molar-refractivity contribution in [2.24, 2.45) is 0 Å². The molecule has 0 spiro atoms. The zero-order valence-electron chi connectivity index (χ0n) is 16.9. The summed E-state index contributed by atoms with van der Waals surface area (Å²) in [4.78, 5) is 27.3. The van der Waals surface area contributed by atoms with E-state index in [4.69, 9.17) is 9.47 Å². The second kappa shape index (κ2) is 7.78. The molecular weight excluding hydrogens is 368 g/mol. The molecule has 0 bridgehead atoms. The summed E-state index contributed by atoms with van der Waals surface area (Å²) in [5.74, 6) is 1.29. The highest BCUT2D eigenvalue weighted by atomic mass is 16.6. The van der Waals surface area contributed by atoms with Crippen molar-refractivity contribution in [3.8, 4) is 11.5 Å². The number of nitrogens with zero attached hydrogens (tertiary/aromatic N) is 1. The first-order chi connectivity index (χ1) is 13.9. The van der Waals surface area contributed by atoms with Crippen LogP contribution in [0.15, 0.2) is 42.5 Å². The molecule has 0 aliphatic carbocycles. The fourth-order valence-electron chi connectivity index (χ4n) is 3.65. The first kappa shape index (κ1) is 19.3. The van der Waals surface area contributed by atoms with Crippen molar-refractivity contribution in [2.45, 2.75) is 32.1 Å². The van der Waals surface area contributed by atoms with Gasteiger partial charge < -0.3 is 19.7 Å². The number of carbonyl (C=O) groups is 2. The number of hydrogen-bond acceptors (Lipinski definition) is 4. The Morgan fingerprint density at radius 2 is 1.59 bits per heavy atom. The Hall–Kier alpha value is -3.02. The molecule has 0 unspecified atom stereocenters. The Balaban J connectivity index is 1.46. The second-order valence-corrected chi connectivity index (χ2v) is 8.01. The molecule has 0 aromatic heterocycles. The zero-order chi connectivity index (χ0) is 20.4. The van der Waals surface area contributed by atoms with Crippen molar-refractivity contribution in [3.63, 3.8) is 0 Å². The summed E-state index contributed by atoms with van der Waals surface area (Å²) in [5, 5.41) is 2.96. The average molecular weight is 394 g/mol. The van der Waals surface area contributed by atoms with Crippen molar-refractivity contribution in [3.05, 3.63) is 53.6 Å². The number of carbonyl (C=O) groups excluding carboxylic acids is 2. The van der Waals surface area contributed by atoms with Crippen molar-refractivity contribution >= 4 is 17.5 Å². The second-order valence-electron chi connectivity index (χ2n) is 8.01. The Morgan fingerprint density at radius 3 is 2.28 bits per heavy atom. The molecule has 0 atom stereocenters. The summed E-state index contributed by atoms with van der Waals surface area (Å²) >= 11 is 0. The number of ether oxygens (including phenoxy) is 2. The quantitative estimate of drug-likeness (QED) is 0.860. The Morgan fingerprint density at radius 1 is 0.931 bits per heavy atom. The largest absolute Gasteiger partial charge is 0.486 e. The maximum atomic E-state index is 13.0.